The van der Waals surface area contributed by atoms with E-state index in [0.29, 0.717) is 6.07 Å². The van der Waals surface area contributed by atoms with Crippen molar-refractivity contribution in [3.05, 3.63) is 83.0 Å². The van der Waals surface area contributed by atoms with Gasteiger partial charge in [-0.15, -0.1) is 0 Å². The molecule has 0 fully saturated rings. The SMILES string of the molecule is Cn1cccc1C(=O)[N+](C)(c1cc2cccc(S(=O)(=O)O)c2cc1S(=O)(=O)O)c1c(S(=O)(=O)O)c2[nH]c(=O)[nH]c2c2cccc(S(=O)(=O)O)c12. The number of carbonyl (C=O) groups excluding carboxylic acids is 1. The summed E-state index contributed by atoms with van der Waals surface area (Å²) in [6.07, 6.45) is 1.37. The number of nitrogens with zero attached hydrogens (tertiary/aromatic N) is 2. The molecule has 6 rings (SSSR count). The van der Waals surface area contributed by atoms with Crippen molar-refractivity contribution in [2.45, 2.75) is 19.6 Å². The van der Waals surface area contributed by atoms with Gasteiger partial charge in [0.25, 0.3) is 20.2 Å². The van der Waals surface area contributed by atoms with Gasteiger partial charge in [0.1, 0.15) is 15.5 Å². The Morgan fingerprint density at radius 2 is 1.28 bits per heavy atom. The van der Waals surface area contributed by atoms with Crippen LogP contribution in [0.4, 0.5) is 11.4 Å². The van der Waals surface area contributed by atoms with Crippen molar-refractivity contribution in [2.75, 3.05) is 7.05 Å². The van der Waals surface area contributed by atoms with E-state index in [1.54, 1.807) is 0 Å². The summed E-state index contributed by atoms with van der Waals surface area (Å²) in [5.41, 5.74) is -4.32. The molecule has 18 nitrogen and oxygen atoms in total. The van der Waals surface area contributed by atoms with E-state index < -0.39 is 109 Å². The maximum absolute atomic E-state index is 15.0. The Hall–Kier alpha value is -4.78. The van der Waals surface area contributed by atoms with Gasteiger partial charge in [0.15, 0.2) is 21.2 Å². The van der Waals surface area contributed by atoms with Crippen LogP contribution in [0.1, 0.15) is 10.5 Å². The summed E-state index contributed by atoms with van der Waals surface area (Å²) in [5.74, 6) is -1.23. The number of nitrogens with one attached hydrogen (secondary N) is 2. The molecule has 6 N–H and O–H groups in total. The minimum Gasteiger partial charge on any atom is -0.343 e. The van der Waals surface area contributed by atoms with Crippen LogP contribution in [0.3, 0.4) is 0 Å². The number of rotatable bonds is 7. The highest BCUT2D eigenvalue weighted by Gasteiger charge is 2.50. The van der Waals surface area contributed by atoms with Gasteiger partial charge in [0.05, 0.1) is 23.5 Å². The molecule has 0 spiro atoms. The number of quaternary nitrogens is 1. The molecule has 2 heterocycles. The van der Waals surface area contributed by atoms with Gasteiger partial charge < -0.3 is 14.5 Å². The molecule has 0 aliphatic rings. The molecule has 2 aromatic heterocycles. The largest absolute Gasteiger partial charge is 0.372 e. The van der Waals surface area contributed by atoms with Crippen LogP contribution >= 0.6 is 0 Å². The van der Waals surface area contributed by atoms with Gasteiger partial charge in [-0.3, -0.25) is 18.2 Å². The Morgan fingerprint density at radius 3 is 1.84 bits per heavy atom. The minimum atomic E-state index is -5.69. The van der Waals surface area contributed by atoms with Crippen molar-refractivity contribution < 1.29 is 56.7 Å². The average molecular weight is 768 g/mol. The monoisotopic (exact) mass is 767 g/mol. The zero-order valence-electron chi connectivity index (χ0n) is 25.2. The first-order valence-corrected chi connectivity index (χ1v) is 19.4. The van der Waals surface area contributed by atoms with Crippen molar-refractivity contribution in [2.24, 2.45) is 7.05 Å². The van der Waals surface area contributed by atoms with E-state index in [9.17, 15) is 61.5 Å². The van der Waals surface area contributed by atoms with Gasteiger partial charge in [0, 0.05) is 30.1 Å². The number of carbonyl (C=O) groups is 1. The summed E-state index contributed by atoms with van der Waals surface area (Å²) in [5, 5.41) is -1.78. The molecule has 0 aliphatic heterocycles. The fraction of sp³-hybridized carbons (Fsp3) is 0.0714. The molecular weight excluding hydrogens is 745 g/mol. The second kappa shape index (κ2) is 11.1. The van der Waals surface area contributed by atoms with Crippen LogP contribution in [0.15, 0.2) is 91.2 Å². The number of fused-ring (bicyclic) bond motifs is 4. The predicted octanol–water partition coefficient (Wildman–Crippen LogP) is 2.60. The smallest absolute Gasteiger partial charge is 0.343 e. The molecule has 4 aromatic carbocycles. The number of hydrogen-bond donors (Lipinski definition) is 6. The number of aromatic amines is 2. The highest BCUT2D eigenvalue weighted by Crippen LogP contribution is 2.51. The lowest BCUT2D eigenvalue weighted by Crippen LogP contribution is -2.48. The fourth-order valence-electron chi connectivity index (χ4n) is 6.15. The summed E-state index contributed by atoms with van der Waals surface area (Å²) in [6, 6.07) is 10.4. The van der Waals surface area contributed by atoms with E-state index >= 15 is 0 Å². The number of hydrogen-bond acceptors (Lipinski definition) is 10. The second-order valence-corrected chi connectivity index (χ2v) is 16.7. The van der Waals surface area contributed by atoms with E-state index in [2.05, 4.69) is 9.97 Å². The topological polar surface area (TPSA) is 288 Å². The average Bonchev–Trinajstić information content (AvgIpc) is 3.60. The van der Waals surface area contributed by atoms with Crippen molar-refractivity contribution in [1.82, 2.24) is 19.0 Å². The third-order valence-electron chi connectivity index (χ3n) is 8.21. The number of benzene rings is 4. The van der Waals surface area contributed by atoms with Crippen LogP contribution in [0, 0.1) is 0 Å². The highest BCUT2D eigenvalue weighted by atomic mass is 32.2. The molecule has 22 heteroatoms. The Kier molecular flexibility index (Phi) is 7.79. The van der Waals surface area contributed by atoms with Crippen LogP contribution in [-0.4, -0.2) is 79.4 Å². The number of aryl methyl sites for hydroxylation is 1. The molecule has 0 aliphatic carbocycles. The standard InChI is InChI=1S/C28H22N4O14S4/c1-31-11-5-8-17(31)27(33)32(2,18-12-14-6-3-9-19(47(35,36)37)16(14)13-21(18)49(41,42)43)25-22-15(7-4-10-20(22)48(38,39)40)23-24(30-28(34)29-23)26(25)50(44,45)46/h3-13H,1-2H3,(H5-,29,30,34,35,36,37,38,39,40,41,42,43,44,45,46)/p+1. The lowest BCUT2D eigenvalue weighted by atomic mass is 10.0. The summed E-state index contributed by atoms with van der Waals surface area (Å²) >= 11 is 0. The van der Waals surface area contributed by atoms with Gasteiger partial charge in [-0.1, -0.05) is 24.3 Å². The molecular formula is C28H23N4O14S4+. The van der Waals surface area contributed by atoms with E-state index in [1.807, 2.05) is 0 Å². The van der Waals surface area contributed by atoms with E-state index in [1.165, 1.54) is 42.1 Å². The van der Waals surface area contributed by atoms with Crippen molar-refractivity contribution >= 4 is 90.3 Å². The Morgan fingerprint density at radius 1 is 0.700 bits per heavy atom. The first kappa shape index (κ1) is 35.1. The zero-order valence-corrected chi connectivity index (χ0v) is 28.5. The van der Waals surface area contributed by atoms with E-state index in [-0.39, 0.29) is 16.5 Å². The van der Waals surface area contributed by atoms with Crippen molar-refractivity contribution in [1.29, 1.82) is 0 Å². The number of aromatic nitrogens is 3. The summed E-state index contributed by atoms with van der Waals surface area (Å²) < 4.78 is 144. The maximum Gasteiger partial charge on any atom is 0.372 e. The zero-order chi connectivity index (χ0) is 36.9. The van der Waals surface area contributed by atoms with Gasteiger partial charge in [0.2, 0.25) is 0 Å². The first-order valence-electron chi connectivity index (χ1n) is 13.7. The third-order valence-corrected chi connectivity index (χ3v) is 11.8. The summed E-state index contributed by atoms with van der Waals surface area (Å²) in [4.78, 5) is 27.7. The molecule has 0 bridgehead atoms. The first-order chi connectivity index (χ1) is 23.0. The minimum absolute atomic E-state index is 0.199. The molecule has 1 atom stereocenters. The van der Waals surface area contributed by atoms with Crippen LogP contribution < -0.4 is 10.2 Å². The Balaban J connectivity index is 2.02. The summed E-state index contributed by atoms with van der Waals surface area (Å²) in [6.45, 7) is 0. The number of amides is 1. The van der Waals surface area contributed by atoms with Crippen LogP contribution in [-0.2, 0) is 47.5 Å². The maximum atomic E-state index is 15.0. The lowest BCUT2D eigenvalue weighted by Gasteiger charge is -2.34. The Bertz CT molecular complexity index is 3000. The number of imidazole rings is 1. The quantitative estimate of drug-likeness (QED) is 0.101. The lowest BCUT2D eigenvalue weighted by molar-refractivity contribution is 0.0849. The van der Waals surface area contributed by atoms with Gasteiger partial charge in [-0.2, -0.15) is 38.2 Å². The molecule has 50 heavy (non-hydrogen) atoms. The van der Waals surface area contributed by atoms with Crippen LogP contribution in [0.25, 0.3) is 32.6 Å². The van der Waals surface area contributed by atoms with E-state index in [4.69, 9.17) is 0 Å². The molecule has 262 valence electrons. The van der Waals surface area contributed by atoms with Gasteiger partial charge in [-0.05, 0) is 35.7 Å². The van der Waals surface area contributed by atoms with Crippen LogP contribution in [0.2, 0.25) is 0 Å². The Labute approximate surface area is 281 Å². The molecule has 1 amide bonds. The fourth-order valence-corrected chi connectivity index (χ4v) is 9.29. The molecule has 0 saturated carbocycles. The van der Waals surface area contributed by atoms with Crippen LogP contribution in [0.5, 0.6) is 0 Å². The van der Waals surface area contributed by atoms with Gasteiger partial charge in [-0.25, -0.2) is 9.59 Å². The van der Waals surface area contributed by atoms with Crippen molar-refractivity contribution in [3.63, 3.8) is 0 Å². The van der Waals surface area contributed by atoms with E-state index in [0.717, 1.165) is 37.4 Å². The molecule has 6 aromatic rings. The third kappa shape index (κ3) is 5.42. The molecule has 0 radical (unpaired) electrons. The predicted molar refractivity (Wildman–Crippen MR) is 177 cm³/mol. The molecule has 0 saturated heterocycles. The normalized spacial score (nSPS) is 14.4. The summed E-state index contributed by atoms with van der Waals surface area (Å²) in [7, 11) is -19.4. The second-order valence-electron chi connectivity index (χ2n) is 11.2. The number of H-pyrrole nitrogens is 2. The van der Waals surface area contributed by atoms with Crippen molar-refractivity contribution in [3.8, 4) is 0 Å². The highest BCUT2D eigenvalue weighted by molar-refractivity contribution is 7.87. The molecule has 1 unspecified atom stereocenters. The van der Waals surface area contributed by atoms with Gasteiger partial charge >= 0.3 is 31.8 Å².